The molecule has 27 heavy (non-hydrogen) atoms. The molecule has 0 unspecified atom stereocenters. The fourth-order valence-electron chi connectivity index (χ4n) is 2.41. The van der Waals surface area contributed by atoms with Gasteiger partial charge in [0, 0.05) is 11.3 Å². The zero-order valence-electron chi connectivity index (χ0n) is 15.1. The van der Waals surface area contributed by atoms with Gasteiger partial charge in [0.05, 0.1) is 4.90 Å². The summed E-state index contributed by atoms with van der Waals surface area (Å²) in [5, 5.41) is 0.176. The van der Waals surface area contributed by atoms with Gasteiger partial charge in [-0.3, -0.25) is 0 Å². The molecule has 3 aromatic rings. The predicted octanol–water partition coefficient (Wildman–Crippen LogP) is 5.51. The van der Waals surface area contributed by atoms with Crippen molar-refractivity contribution in [1.29, 1.82) is 0 Å². The summed E-state index contributed by atoms with van der Waals surface area (Å²) >= 11 is 1.33. The van der Waals surface area contributed by atoms with Crippen molar-refractivity contribution in [2.24, 2.45) is 0 Å². The van der Waals surface area contributed by atoms with Gasteiger partial charge in [0.2, 0.25) is 25.8 Å². The Kier molecular flexibility index (Phi) is 6.01. The number of rotatable bonds is 7. The van der Waals surface area contributed by atoms with E-state index in [4.69, 9.17) is 4.42 Å². The molecule has 0 saturated carbocycles. The molecule has 0 amide bonds. The maximum atomic E-state index is 13.2. The Hall–Kier alpha value is -2.12. The lowest BCUT2D eigenvalue weighted by molar-refractivity contribution is 0.470. The number of halogens is 1. The van der Waals surface area contributed by atoms with Gasteiger partial charge < -0.3 is 4.42 Å². The Morgan fingerprint density at radius 2 is 1.74 bits per heavy atom. The number of nitrogens with zero attached hydrogens (tertiary/aromatic N) is 1. The summed E-state index contributed by atoms with van der Waals surface area (Å²) < 4.78 is 45.2. The van der Waals surface area contributed by atoms with Crippen LogP contribution >= 0.6 is 11.8 Å². The van der Waals surface area contributed by atoms with Crippen molar-refractivity contribution < 1.29 is 17.2 Å². The highest BCUT2D eigenvalue weighted by molar-refractivity contribution is 8.00. The summed E-state index contributed by atoms with van der Waals surface area (Å²) in [5.41, 5.74) is 1.50. The standard InChI is InChI=1S/C20H20FNO3S2/c1-3-4-13-26-20-19(27(23,24)17-11-5-14(2)6-12-17)22-18(25-20)15-7-9-16(21)10-8-15/h5-12H,3-4,13H2,1-2H3. The molecule has 0 spiro atoms. The van der Waals surface area contributed by atoms with Crippen molar-refractivity contribution in [3.8, 4) is 11.5 Å². The van der Waals surface area contributed by atoms with Crippen molar-refractivity contribution in [3.63, 3.8) is 0 Å². The molecule has 0 radical (unpaired) electrons. The molecular formula is C20H20FNO3S2. The number of thioether (sulfide) groups is 1. The van der Waals surface area contributed by atoms with Gasteiger partial charge in [-0.05, 0) is 49.7 Å². The Morgan fingerprint density at radius 3 is 2.37 bits per heavy atom. The molecule has 1 heterocycles. The van der Waals surface area contributed by atoms with E-state index < -0.39 is 9.84 Å². The predicted molar refractivity (Wildman–Crippen MR) is 104 cm³/mol. The Balaban J connectivity index is 2.06. The van der Waals surface area contributed by atoms with E-state index in [-0.39, 0.29) is 26.7 Å². The molecule has 0 aliphatic heterocycles. The maximum absolute atomic E-state index is 13.2. The number of benzene rings is 2. The minimum absolute atomic E-state index is 0.0909. The summed E-state index contributed by atoms with van der Waals surface area (Å²) in [7, 11) is -3.82. The van der Waals surface area contributed by atoms with Crippen LogP contribution in [0, 0.1) is 12.7 Å². The largest absolute Gasteiger partial charge is 0.428 e. The number of oxazole rings is 1. The maximum Gasteiger partial charge on any atom is 0.228 e. The molecule has 0 fully saturated rings. The monoisotopic (exact) mass is 405 g/mol. The van der Waals surface area contributed by atoms with Crippen LogP contribution in [-0.2, 0) is 9.84 Å². The highest BCUT2D eigenvalue weighted by atomic mass is 32.2. The molecule has 7 heteroatoms. The van der Waals surface area contributed by atoms with Gasteiger partial charge in [0.1, 0.15) is 5.82 Å². The second-order valence-electron chi connectivity index (χ2n) is 6.14. The van der Waals surface area contributed by atoms with Crippen molar-refractivity contribution >= 4 is 21.6 Å². The van der Waals surface area contributed by atoms with E-state index in [1.165, 1.54) is 36.0 Å². The number of hydrogen-bond acceptors (Lipinski definition) is 5. The fraction of sp³-hybridized carbons (Fsp3) is 0.250. The van der Waals surface area contributed by atoms with Gasteiger partial charge >= 0.3 is 0 Å². The van der Waals surface area contributed by atoms with Crippen molar-refractivity contribution in [2.75, 3.05) is 5.75 Å². The fourth-order valence-corrected chi connectivity index (χ4v) is 5.02. The van der Waals surface area contributed by atoms with E-state index in [0.717, 1.165) is 24.2 Å². The van der Waals surface area contributed by atoms with E-state index >= 15 is 0 Å². The smallest absolute Gasteiger partial charge is 0.228 e. The van der Waals surface area contributed by atoms with E-state index in [0.29, 0.717) is 5.56 Å². The summed E-state index contributed by atoms with van der Waals surface area (Å²) in [6, 6.07) is 12.2. The van der Waals surface area contributed by atoms with Gasteiger partial charge in [0.15, 0.2) is 0 Å². The van der Waals surface area contributed by atoms with Crippen molar-refractivity contribution in [1.82, 2.24) is 4.98 Å². The van der Waals surface area contributed by atoms with Crippen LogP contribution in [0.4, 0.5) is 4.39 Å². The van der Waals surface area contributed by atoms with Crippen LogP contribution in [0.25, 0.3) is 11.5 Å². The molecular weight excluding hydrogens is 385 g/mol. The number of unbranched alkanes of at least 4 members (excludes halogenated alkanes) is 1. The number of hydrogen-bond donors (Lipinski definition) is 0. The van der Waals surface area contributed by atoms with Crippen LogP contribution in [0.1, 0.15) is 25.3 Å². The first-order valence-corrected chi connectivity index (χ1v) is 11.1. The van der Waals surface area contributed by atoms with Gasteiger partial charge in [-0.15, -0.1) is 0 Å². The van der Waals surface area contributed by atoms with E-state index in [1.54, 1.807) is 24.3 Å². The highest BCUT2D eigenvalue weighted by Crippen LogP contribution is 2.35. The van der Waals surface area contributed by atoms with E-state index in [1.807, 2.05) is 6.92 Å². The molecule has 142 valence electrons. The number of aryl methyl sites for hydroxylation is 1. The zero-order chi connectivity index (χ0) is 19.4. The first-order valence-electron chi connectivity index (χ1n) is 8.63. The van der Waals surface area contributed by atoms with E-state index in [9.17, 15) is 12.8 Å². The van der Waals surface area contributed by atoms with Crippen LogP contribution < -0.4 is 0 Å². The third kappa shape index (κ3) is 4.42. The summed E-state index contributed by atoms with van der Waals surface area (Å²) in [4.78, 5) is 4.43. The second-order valence-corrected chi connectivity index (χ2v) is 9.07. The van der Waals surface area contributed by atoms with Crippen molar-refractivity contribution in [2.45, 2.75) is 41.7 Å². The van der Waals surface area contributed by atoms with Gasteiger partial charge in [0.25, 0.3) is 0 Å². The zero-order valence-corrected chi connectivity index (χ0v) is 16.7. The van der Waals surface area contributed by atoms with Crippen LogP contribution in [-0.4, -0.2) is 19.2 Å². The number of aromatic nitrogens is 1. The summed E-state index contributed by atoms with van der Waals surface area (Å²) in [5.74, 6) is 0.514. The topological polar surface area (TPSA) is 60.2 Å². The Morgan fingerprint density at radius 1 is 1.07 bits per heavy atom. The third-order valence-electron chi connectivity index (χ3n) is 3.98. The first kappa shape index (κ1) is 19.6. The lowest BCUT2D eigenvalue weighted by atomic mass is 10.2. The van der Waals surface area contributed by atoms with Crippen LogP contribution in [0.2, 0.25) is 0 Å². The lowest BCUT2D eigenvalue weighted by Crippen LogP contribution is -2.04. The molecule has 0 atom stereocenters. The molecule has 0 N–H and O–H groups in total. The molecule has 1 aromatic heterocycles. The molecule has 0 aliphatic carbocycles. The summed E-state index contributed by atoms with van der Waals surface area (Å²) in [6.45, 7) is 3.96. The van der Waals surface area contributed by atoms with Gasteiger partial charge in [-0.25, -0.2) is 12.8 Å². The molecule has 0 bridgehead atoms. The molecule has 0 saturated heterocycles. The lowest BCUT2D eigenvalue weighted by Gasteiger charge is -2.03. The first-order chi connectivity index (χ1) is 12.9. The molecule has 0 aliphatic rings. The summed E-state index contributed by atoms with van der Waals surface area (Å²) in [6.07, 6.45) is 1.92. The Labute approximate surface area is 162 Å². The SMILES string of the molecule is CCCCSc1oc(-c2ccc(F)cc2)nc1S(=O)(=O)c1ccc(C)cc1. The minimum atomic E-state index is -3.82. The second kappa shape index (κ2) is 8.27. The van der Waals surface area contributed by atoms with E-state index in [2.05, 4.69) is 11.9 Å². The Bertz CT molecular complexity index is 1010. The highest BCUT2D eigenvalue weighted by Gasteiger charge is 2.28. The van der Waals surface area contributed by atoms with Crippen molar-refractivity contribution in [3.05, 3.63) is 59.9 Å². The quantitative estimate of drug-likeness (QED) is 0.383. The minimum Gasteiger partial charge on any atom is -0.428 e. The average molecular weight is 406 g/mol. The number of sulfone groups is 1. The molecule has 2 aromatic carbocycles. The molecule has 3 rings (SSSR count). The normalized spacial score (nSPS) is 11.7. The third-order valence-corrected chi connectivity index (χ3v) is 6.81. The van der Waals surface area contributed by atoms with Crippen LogP contribution in [0.15, 0.2) is 68.0 Å². The van der Waals surface area contributed by atoms with Crippen LogP contribution in [0.3, 0.4) is 0 Å². The van der Waals surface area contributed by atoms with Gasteiger partial charge in [-0.1, -0.05) is 42.8 Å². The van der Waals surface area contributed by atoms with Crippen LogP contribution in [0.5, 0.6) is 0 Å². The average Bonchev–Trinajstić information content (AvgIpc) is 3.08. The van der Waals surface area contributed by atoms with Gasteiger partial charge in [-0.2, -0.15) is 4.98 Å². The molecule has 4 nitrogen and oxygen atoms in total.